The lowest BCUT2D eigenvalue weighted by Crippen LogP contribution is -2.68. The highest BCUT2D eigenvalue weighted by molar-refractivity contribution is 5.77. The van der Waals surface area contributed by atoms with Gasteiger partial charge in [-0.1, -0.05) is 0 Å². The molecule has 0 radical (unpaired) electrons. The second kappa shape index (κ2) is 6.98. The first-order valence-corrected chi connectivity index (χ1v) is 4.40. The summed E-state index contributed by atoms with van der Waals surface area (Å²) in [5.41, 5.74) is 5.06. The Morgan fingerprint density at radius 1 is 1.73 bits per heavy atom. The molecular weight excluding hydrogens is 204 g/mol. The van der Waals surface area contributed by atoms with Gasteiger partial charge in [-0.15, -0.1) is 0 Å². The summed E-state index contributed by atoms with van der Waals surface area (Å²) in [4.78, 5) is 13.8. The van der Waals surface area contributed by atoms with Crippen molar-refractivity contribution in [3.05, 3.63) is 0 Å². The first kappa shape index (κ1) is 13.6. The van der Waals surface area contributed by atoms with Crippen molar-refractivity contribution in [1.29, 1.82) is 0 Å². The van der Waals surface area contributed by atoms with Gasteiger partial charge in [-0.2, -0.15) is 0 Å². The van der Waals surface area contributed by atoms with Crippen LogP contribution in [0.4, 0.5) is 0 Å². The zero-order valence-corrected chi connectivity index (χ0v) is 8.51. The molecule has 0 saturated carbocycles. The Hall–Kier alpha value is -1.38. The van der Waals surface area contributed by atoms with E-state index in [1.807, 2.05) is 0 Å². The summed E-state index contributed by atoms with van der Waals surface area (Å²) in [6, 6.07) is -0.803. The van der Waals surface area contributed by atoms with Crippen molar-refractivity contribution in [2.24, 2.45) is 4.99 Å². The fraction of sp³-hybridized carbons (Fsp3) is 0.714. The topological polar surface area (TPSA) is 136 Å². The minimum atomic E-state index is -1.22. The largest absolute Gasteiger partial charge is 0.544 e. The van der Waals surface area contributed by atoms with E-state index in [4.69, 9.17) is 5.21 Å². The molecule has 0 rings (SSSR count). The summed E-state index contributed by atoms with van der Waals surface area (Å²) in [6.07, 6.45) is 0.668. The summed E-state index contributed by atoms with van der Waals surface area (Å²) in [5.74, 6) is -1.33. The van der Waals surface area contributed by atoms with E-state index in [1.165, 1.54) is 7.05 Å². The number of carboxylic acid groups (broad SMARTS) is 1. The molecule has 6 N–H and O–H groups in total. The number of nitrogens with one attached hydrogen (secondary N) is 1. The highest BCUT2D eigenvalue weighted by Gasteiger charge is 2.10. The molecular formula is C7H16N4O4. The smallest absolute Gasteiger partial charge is 0.242 e. The lowest BCUT2D eigenvalue weighted by molar-refractivity contribution is -0.438. The molecule has 0 aliphatic rings. The highest BCUT2D eigenvalue weighted by Crippen LogP contribution is 1.95. The third-order valence-corrected chi connectivity index (χ3v) is 1.81. The molecule has 8 heteroatoms. The predicted octanol–water partition coefficient (Wildman–Crippen LogP) is -3.22. The minimum absolute atomic E-state index is 0.107. The van der Waals surface area contributed by atoms with Crippen LogP contribution in [0.2, 0.25) is 0 Å². The van der Waals surface area contributed by atoms with Gasteiger partial charge in [0.05, 0.1) is 5.97 Å². The summed E-state index contributed by atoms with van der Waals surface area (Å²) >= 11 is 0. The van der Waals surface area contributed by atoms with E-state index < -0.39 is 12.0 Å². The number of carboxylic acids is 1. The zero-order valence-electron chi connectivity index (χ0n) is 8.51. The number of carbonyl (C=O) groups is 1. The van der Waals surface area contributed by atoms with Crippen LogP contribution >= 0.6 is 0 Å². The van der Waals surface area contributed by atoms with Crippen LogP contribution in [0, 0.1) is 0 Å². The third kappa shape index (κ3) is 5.15. The Morgan fingerprint density at radius 3 is 2.73 bits per heavy atom. The monoisotopic (exact) mass is 220 g/mol. The molecule has 0 aliphatic carbocycles. The van der Waals surface area contributed by atoms with Crippen LogP contribution in [0.25, 0.3) is 0 Å². The van der Waals surface area contributed by atoms with Crippen molar-refractivity contribution in [3.63, 3.8) is 0 Å². The van der Waals surface area contributed by atoms with Gasteiger partial charge in [-0.3, -0.25) is 15.4 Å². The third-order valence-electron chi connectivity index (χ3n) is 1.81. The number of hydrogen-bond donors (Lipinski definition) is 4. The second-order valence-corrected chi connectivity index (χ2v) is 2.94. The molecule has 0 saturated heterocycles. The molecule has 0 aromatic heterocycles. The molecule has 0 heterocycles. The van der Waals surface area contributed by atoms with Crippen LogP contribution in [-0.2, 0) is 4.79 Å². The number of carbonyl (C=O) groups excluding carboxylic acids is 1. The molecule has 0 amide bonds. The normalized spacial score (nSPS) is 13.5. The van der Waals surface area contributed by atoms with E-state index >= 15 is 0 Å². The standard InChI is InChI=1S/C7H16N4O4/c1-9-7(10-14)11(15)4-2-3-5(8)6(12)13/h5,14-15H,2-4,8H2,1H3,(H,9,10)(H,12,13)/t5-/m0/s1. The van der Waals surface area contributed by atoms with Gasteiger partial charge in [-0.05, 0) is 6.42 Å². The molecule has 0 spiro atoms. The van der Waals surface area contributed by atoms with Crippen molar-refractivity contribution < 1.29 is 26.0 Å². The number of quaternary nitrogens is 1. The fourth-order valence-electron chi connectivity index (χ4n) is 0.934. The maximum absolute atomic E-state index is 10.3. The van der Waals surface area contributed by atoms with Crippen molar-refractivity contribution in [2.75, 3.05) is 13.6 Å². The number of rotatable bonds is 5. The van der Waals surface area contributed by atoms with E-state index in [-0.39, 0.29) is 18.9 Å². The maximum Gasteiger partial charge on any atom is 0.242 e. The SMILES string of the molecule is CN=C(NO)N(O)CCC[C@H]([NH3+])C(=O)[O-]. The first-order valence-electron chi connectivity index (χ1n) is 4.40. The highest BCUT2D eigenvalue weighted by atomic mass is 16.5. The van der Waals surface area contributed by atoms with E-state index in [2.05, 4.69) is 10.7 Å². The van der Waals surface area contributed by atoms with Crippen molar-refractivity contribution >= 4 is 11.9 Å². The molecule has 8 nitrogen and oxygen atoms in total. The summed E-state index contributed by atoms with van der Waals surface area (Å²) in [5, 5.41) is 28.7. The quantitative estimate of drug-likeness (QED) is 0.219. The van der Waals surface area contributed by atoms with Gasteiger partial charge >= 0.3 is 0 Å². The van der Waals surface area contributed by atoms with Gasteiger partial charge in [0.15, 0.2) is 0 Å². The fourth-order valence-corrected chi connectivity index (χ4v) is 0.934. The van der Waals surface area contributed by atoms with E-state index in [9.17, 15) is 15.1 Å². The number of hydroxylamine groups is 3. The Bertz CT molecular complexity index is 233. The molecule has 0 aromatic carbocycles. The Labute approximate surface area is 86.9 Å². The molecule has 15 heavy (non-hydrogen) atoms. The van der Waals surface area contributed by atoms with Crippen LogP contribution in [-0.4, -0.2) is 47.0 Å². The van der Waals surface area contributed by atoms with E-state index in [0.29, 0.717) is 11.5 Å². The van der Waals surface area contributed by atoms with Crippen molar-refractivity contribution in [1.82, 2.24) is 10.5 Å². The lowest BCUT2D eigenvalue weighted by Gasteiger charge is -2.17. The number of aliphatic imine (C=N–C) groups is 1. The molecule has 0 bridgehead atoms. The minimum Gasteiger partial charge on any atom is -0.544 e. The Morgan fingerprint density at radius 2 is 2.33 bits per heavy atom. The van der Waals surface area contributed by atoms with E-state index in [1.54, 1.807) is 5.48 Å². The van der Waals surface area contributed by atoms with Gasteiger partial charge in [0.1, 0.15) is 6.04 Å². The molecule has 0 aliphatic heterocycles. The van der Waals surface area contributed by atoms with Gasteiger partial charge in [-0.25, -0.2) is 10.5 Å². The van der Waals surface area contributed by atoms with Crippen LogP contribution in [0.5, 0.6) is 0 Å². The molecule has 0 aromatic rings. The van der Waals surface area contributed by atoms with Crippen LogP contribution in [0.15, 0.2) is 4.99 Å². The average molecular weight is 220 g/mol. The van der Waals surface area contributed by atoms with Crippen LogP contribution < -0.4 is 16.3 Å². The molecule has 88 valence electrons. The van der Waals surface area contributed by atoms with Crippen molar-refractivity contribution in [2.45, 2.75) is 18.9 Å². The average Bonchev–Trinajstić information content (AvgIpc) is 2.19. The molecule has 0 unspecified atom stereocenters. The number of guanidine groups is 1. The number of hydrogen-bond acceptors (Lipinski definition) is 5. The predicted molar refractivity (Wildman–Crippen MR) is 47.7 cm³/mol. The molecule has 1 atom stereocenters. The lowest BCUT2D eigenvalue weighted by atomic mass is 10.2. The zero-order chi connectivity index (χ0) is 11.8. The summed E-state index contributed by atoms with van der Waals surface area (Å²) < 4.78 is 0. The van der Waals surface area contributed by atoms with Gasteiger partial charge in [0, 0.05) is 20.0 Å². The number of aliphatic carboxylic acids is 1. The summed E-state index contributed by atoms with van der Waals surface area (Å²) in [6.45, 7) is 0.138. The summed E-state index contributed by atoms with van der Waals surface area (Å²) in [7, 11) is 1.38. The van der Waals surface area contributed by atoms with Crippen LogP contribution in [0.1, 0.15) is 12.8 Å². The second-order valence-electron chi connectivity index (χ2n) is 2.94. The first-order chi connectivity index (χ1) is 7.02. The van der Waals surface area contributed by atoms with Gasteiger partial charge in [0.2, 0.25) is 5.96 Å². The maximum atomic E-state index is 10.3. The van der Waals surface area contributed by atoms with Crippen molar-refractivity contribution in [3.8, 4) is 0 Å². The van der Waals surface area contributed by atoms with E-state index in [0.717, 1.165) is 0 Å². The Balaban J connectivity index is 3.81. The Kier molecular flexibility index (Phi) is 6.34. The van der Waals surface area contributed by atoms with Gasteiger partial charge in [0.25, 0.3) is 0 Å². The van der Waals surface area contributed by atoms with Crippen LogP contribution in [0.3, 0.4) is 0 Å². The van der Waals surface area contributed by atoms with Gasteiger partial charge < -0.3 is 15.6 Å². The molecule has 0 fully saturated rings. The number of nitrogens with zero attached hydrogens (tertiary/aromatic N) is 2.